The SMILES string of the molecule is Fc1cnc(N2CCN3C[C@@H](/C=C\c4ccccc4)CC[C@H]3C2)nc1. The lowest BCUT2D eigenvalue weighted by atomic mass is 9.90. The molecule has 2 saturated heterocycles. The Morgan fingerprint density at radius 3 is 2.60 bits per heavy atom. The molecular weight excluding hydrogens is 315 g/mol. The van der Waals surface area contributed by atoms with Gasteiger partial charge in [-0.15, -0.1) is 0 Å². The number of fused-ring (bicyclic) bond motifs is 1. The van der Waals surface area contributed by atoms with E-state index < -0.39 is 0 Å². The molecule has 2 aliphatic heterocycles. The van der Waals surface area contributed by atoms with E-state index in [0.717, 1.165) is 26.2 Å². The number of benzene rings is 1. The molecule has 0 N–H and O–H groups in total. The molecule has 0 unspecified atom stereocenters. The molecule has 0 radical (unpaired) electrons. The Bertz CT molecular complexity index is 716. The van der Waals surface area contributed by atoms with Gasteiger partial charge in [-0.1, -0.05) is 42.5 Å². The van der Waals surface area contributed by atoms with Crippen LogP contribution in [0, 0.1) is 11.7 Å². The summed E-state index contributed by atoms with van der Waals surface area (Å²) in [5, 5.41) is 0. The van der Waals surface area contributed by atoms with E-state index in [1.165, 1.54) is 30.8 Å². The quantitative estimate of drug-likeness (QED) is 0.860. The molecule has 2 aromatic rings. The Balaban J connectivity index is 1.35. The van der Waals surface area contributed by atoms with E-state index in [1.807, 2.05) is 6.07 Å². The molecule has 2 atom stereocenters. The summed E-state index contributed by atoms with van der Waals surface area (Å²) in [5.41, 5.74) is 1.27. The van der Waals surface area contributed by atoms with Crippen molar-refractivity contribution in [2.45, 2.75) is 18.9 Å². The van der Waals surface area contributed by atoms with E-state index in [1.54, 1.807) is 0 Å². The average Bonchev–Trinajstić information content (AvgIpc) is 2.67. The van der Waals surface area contributed by atoms with E-state index in [9.17, 15) is 4.39 Å². The minimum Gasteiger partial charge on any atom is -0.338 e. The average molecular weight is 338 g/mol. The van der Waals surface area contributed by atoms with Crippen LogP contribution >= 0.6 is 0 Å². The van der Waals surface area contributed by atoms with Gasteiger partial charge in [0.2, 0.25) is 5.95 Å². The van der Waals surface area contributed by atoms with Gasteiger partial charge in [-0.25, -0.2) is 14.4 Å². The van der Waals surface area contributed by atoms with Crippen LogP contribution in [0.25, 0.3) is 6.08 Å². The lowest BCUT2D eigenvalue weighted by Crippen LogP contribution is -2.56. The lowest BCUT2D eigenvalue weighted by molar-refractivity contribution is 0.110. The molecule has 0 amide bonds. The van der Waals surface area contributed by atoms with Gasteiger partial charge in [0, 0.05) is 32.2 Å². The molecule has 4 nitrogen and oxygen atoms in total. The predicted molar refractivity (Wildman–Crippen MR) is 97.8 cm³/mol. The summed E-state index contributed by atoms with van der Waals surface area (Å²) in [6, 6.07) is 11.0. The standard InChI is InChI=1S/C20H23FN4/c21-18-12-22-20(23-13-18)25-11-10-24-14-17(8-9-19(24)15-25)7-6-16-4-2-1-3-5-16/h1-7,12-13,17,19H,8-11,14-15H2/b7-6-/t17-,19-/m0/s1. The number of halogens is 1. The van der Waals surface area contributed by atoms with E-state index in [4.69, 9.17) is 0 Å². The Kier molecular flexibility index (Phi) is 4.74. The number of piperazine rings is 1. The maximum Gasteiger partial charge on any atom is 0.225 e. The summed E-state index contributed by atoms with van der Waals surface area (Å²) in [4.78, 5) is 13.0. The molecule has 0 saturated carbocycles. The van der Waals surface area contributed by atoms with Crippen LogP contribution in [0.2, 0.25) is 0 Å². The van der Waals surface area contributed by atoms with Crippen molar-refractivity contribution in [3.63, 3.8) is 0 Å². The maximum absolute atomic E-state index is 13.0. The van der Waals surface area contributed by atoms with Gasteiger partial charge in [0.25, 0.3) is 0 Å². The Labute approximate surface area is 148 Å². The first-order chi connectivity index (χ1) is 12.3. The van der Waals surface area contributed by atoms with Gasteiger partial charge in [0.1, 0.15) is 0 Å². The molecule has 1 aromatic heterocycles. The van der Waals surface area contributed by atoms with Crippen molar-refractivity contribution in [1.82, 2.24) is 14.9 Å². The van der Waals surface area contributed by atoms with Gasteiger partial charge < -0.3 is 4.90 Å². The fourth-order valence-electron chi connectivity index (χ4n) is 3.82. The van der Waals surface area contributed by atoms with Crippen molar-refractivity contribution in [2.24, 2.45) is 5.92 Å². The maximum atomic E-state index is 13.0. The normalized spacial score (nSPS) is 24.4. The monoisotopic (exact) mass is 338 g/mol. The molecule has 0 aliphatic carbocycles. The first-order valence-corrected chi connectivity index (χ1v) is 8.98. The van der Waals surface area contributed by atoms with Crippen LogP contribution in [0.1, 0.15) is 18.4 Å². The van der Waals surface area contributed by atoms with Crippen molar-refractivity contribution in [3.05, 3.63) is 60.2 Å². The van der Waals surface area contributed by atoms with Gasteiger partial charge in [-0.05, 0) is 24.3 Å². The minimum atomic E-state index is -0.381. The summed E-state index contributed by atoms with van der Waals surface area (Å²) in [5.74, 6) is 0.880. The molecular formula is C20H23FN4. The van der Waals surface area contributed by atoms with Gasteiger partial charge in [-0.2, -0.15) is 0 Å². The lowest BCUT2D eigenvalue weighted by Gasteiger charge is -2.45. The van der Waals surface area contributed by atoms with E-state index in [2.05, 4.69) is 56.2 Å². The first-order valence-electron chi connectivity index (χ1n) is 8.98. The van der Waals surface area contributed by atoms with Crippen LogP contribution < -0.4 is 4.90 Å². The second-order valence-corrected chi connectivity index (χ2v) is 6.90. The smallest absolute Gasteiger partial charge is 0.225 e. The molecule has 5 heteroatoms. The highest BCUT2D eigenvalue weighted by Gasteiger charge is 2.32. The number of nitrogens with zero attached hydrogens (tertiary/aromatic N) is 4. The van der Waals surface area contributed by atoms with Gasteiger partial charge in [0.15, 0.2) is 5.82 Å². The molecule has 3 heterocycles. The first kappa shape index (κ1) is 16.2. The van der Waals surface area contributed by atoms with Crippen LogP contribution in [0.3, 0.4) is 0 Å². The minimum absolute atomic E-state index is 0.381. The van der Waals surface area contributed by atoms with Gasteiger partial charge in [0.05, 0.1) is 12.4 Å². The molecule has 4 rings (SSSR count). The summed E-state index contributed by atoms with van der Waals surface area (Å²) >= 11 is 0. The second-order valence-electron chi connectivity index (χ2n) is 6.90. The zero-order chi connectivity index (χ0) is 17.1. The fourth-order valence-corrected chi connectivity index (χ4v) is 3.82. The van der Waals surface area contributed by atoms with Crippen LogP contribution in [0.4, 0.5) is 10.3 Å². The van der Waals surface area contributed by atoms with Crippen LogP contribution in [0.5, 0.6) is 0 Å². The zero-order valence-corrected chi connectivity index (χ0v) is 14.3. The van der Waals surface area contributed by atoms with E-state index in [-0.39, 0.29) is 5.82 Å². The fraction of sp³-hybridized carbons (Fsp3) is 0.400. The highest BCUT2D eigenvalue weighted by molar-refractivity contribution is 5.49. The number of anilines is 1. The zero-order valence-electron chi connectivity index (χ0n) is 14.3. The highest BCUT2D eigenvalue weighted by Crippen LogP contribution is 2.27. The Morgan fingerprint density at radius 1 is 1.00 bits per heavy atom. The third kappa shape index (κ3) is 3.87. The topological polar surface area (TPSA) is 32.3 Å². The highest BCUT2D eigenvalue weighted by atomic mass is 19.1. The van der Waals surface area contributed by atoms with E-state index in [0.29, 0.717) is 17.9 Å². The number of piperidine rings is 1. The number of rotatable bonds is 3. The van der Waals surface area contributed by atoms with E-state index >= 15 is 0 Å². The second kappa shape index (κ2) is 7.31. The van der Waals surface area contributed by atoms with Crippen molar-refractivity contribution < 1.29 is 4.39 Å². The van der Waals surface area contributed by atoms with Gasteiger partial charge >= 0.3 is 0 Å². The molecule has 130 valence electrons. The number of hydrogen-bond acceptors (Lipinski definition) is 4. The molecule has 0 bridgehead atoms. The Morgan fingerprint density at radius 2 is 1.80 bits per heavy atom. The third-order valence-corrected chi connectivity index (χ3v) is 5.19. The summed E-state index contributed by atoms with van der Waals surface area (Å²) in [6.45, 7) is 3.96. The van der Waals surface area contributed by atoms with Crippen molar-refractivity contribution in [2.75, 3.05) is 31.1 Å². The largest absolute Gasteiger partial charge is 0.338 e. The summed E-state index contributed by atoms with van der Waals surface area (Å²) in [7, 11) is 0. The van der Waals surface area contributed by atoms with Crippen LogP contribution in [0.15, 0.2) is 48.8 Å². The van der Waals surface area contributed by atoms with Crippen molar-refractivity contribution in [3.8, 4) is 0 Å². The van der Waals surface area contributed by atoms with Crippen molar-refractivity contribution in [1.29, 1.82) is 0 Å². The van der Waals surface area contributed by atoms with Crippen molar-refractivity contribution >= 4 is 12.0 Å². The molecule has 25 heavy (non-hydrogen) atoms. The molecule has 1 aromatic carbocycles. The Hall–Kier alpha value is -2.27. The molecule has 2 aliphatic rings. The third-order valence-electron chi connectivity index (χ3n) is 5.19. The van der Waals surface area contributed by atoms with Crippen LogP contribution in [-0.4, -0.2) is 47.1 Å². The number of hydrogen-bond donors (Lipinski definition) is 0. The predicted octanol–water partition coefficient (Wildman–Crippen LogP) is 3.23. The summed E-state index contributed by atoms with van der Waals surface area (Å²) < 4.78 is 13.0. The molecule has 2 fully saturated rings. The van der Waals surface area contributed by atoms with Crippen LogP contribution in [-0.2, 0) is 0 Å². The molecule has 0 spiro atoms. The van der Waals surface area contributed by atoms with Gasteiger partial charge in [-0.3, -0.25) is 4.90 Å². The number of aromatic nitrogens is 2. The summed E-state index contributed by atoms with van der Waals surface area (Å²) in [6.07, 6.45) is 9.50.